The lowest BCUT2D eigenvalue weighted by Crippen LogP contribution is -2.05. The molecule has 14 heavy (non-hydrogen) atoms. The summed E-state index contributed by atoms with van der Waals surface area (Å²) in [5, 5.41) is 14.1. The number of tetrazole rings is 1. The van der Waals surface area contributed by atoms with Crippen LogP contribution < -0.4 is 0 Å². The number of hydrogen-bond donors (Lipinski definition) is 1. The van der Waals surface area contributed by atoms with Gasteiger partial charge in [0.25, 0.3) is 0 Å². The predicted octanol–water partition coefficient (Wildman–Crippen LogP) is 1.96. The molecule has 2 rings (SSSR count). The van der Waals surface area contributed by atoms with E-state index in [-0.39, 0.29) is 0 Å². The number of nitrogens with zero attached hydrogens (tertiary/aromatic N) is 3. The molecule has 1 aromatic heterocycles. The van der Waals surface area contributed by atoms with Gasteiger partial charge in [0.1, 0.15) is 0 Å². The average molecular weight is 194 g/mol. The maximum atomic E-state index is 4.01. The zero-order valence-corrected chi connectivity index (χ0v) is 8.74. The quantitative estimate of drug-likeness (QED) is 0.732. The molecule has 78 valence electrons. The van der Waals surface area contributed by atoms with E-state index in [0.29, 0.717) is 0 Å². The van der Waals surface area contributed by atoms with E-state index in [4.69, 9.17) is 0 Å². The minimum Gasteiger partial charge on any atom is -0.177 e. The molecule has 0 bridgehead atoms. The van der Waals surface area contributed by atoms with Crippen LogP contribution in [0.4, 0.5) is 0 Å². The van der Waals surface area contributed by atoms with Crippen molar-refractivity contribution in [1.82, 2.24) is 20.6 Å². The van der Waals surface area contributed by atoms with Crippen LogP contribution in [0, 0.1) is 11.8 Å². The van der Waals surface area contributed by atoms with Crippen LogP contribution in [0.5, 0.6) is 0 Å². The average Bonchev–Trinajstić information content (AvgIpc) is 2.58. The summed E-state index contributed by atoms with van der Waals surface area (Å²) in [6.07, 6.45) is 7.78. The molecule has 1 fully saturated rings. The molecule has 0 spiro atoms. The summed E-state index contributed by atoms with van der Waals surface area (Å²) in [6, 6.07) is 0. The molecule has 1 aliphatic rings. The third kappa shape index (κ3) is 2.53. The Morgan fingerprint density at radius 1 is 1.29 bits per heavy atom. The molecular formula is C10H18N4. The monoisotopic (exact) mass is 194 g/mol. The first-order valence-electron chi connectivity index (χ1n) is 5.57. The number of nitrogens with one attached hydrogen (secondary N) is 1. The molecule has 1 heterocycles. The Balaban J connectivity index is 1.86. The Morgan fingerprint density at radius 3 is 3.00 bits per heavy atom. The molecular weight excluding hydrogens is 176 g/mol. The van der Waals surface area contributed by atoms with Crippen molar-refractivity contribution in [1.29, 1.82) is 0 Å². The van der Waals surface area contributed by atoms with Gasteiger partial charge in [0.05, 0.1) is 0 Å². The van der Waals surface area contributed by atoms with Gasteiger partial charge < -0.3 is 0 Å². The van der Waals surface area contributed by atoms with Crippen LogP contribution in [0.3, 0.4) is 0 Å². The summed E-state index contributed by atoms with van der Waals surface area (Å²) in [5.41, 5.74) is 0. The highest BCUT2D eigenvalue weighted by molar-refractivity contribution is 4.81. The summed E-state index contributed by atoms with van der Waals surface area (Å²) < 4.78 is 0. The second-order valence-electron chi connectivity index (χ2n) is 4.51. The standard InChI is InChI=1S/C10H18N4/c1-8-3-2-4-9(6-5-8)7-10-11-13-14-12-10/h8-9H,2-7H2,1H3,(H,11,12,13,14)/t8-,9+/m1/s1. The molecule has 4 nitrogen and oxygen atoms in total. The lowest BCUT2D eigenvalue weighted by atomic mass is 9.96. The van der Waals surface area contributed by atoms with Crippen molar-refractivity contribution < 1.29 is 0 Å². The minimum atomic E-state index is 0.776. The molecule has 0 amide bonds. The van der Waals surface area contributed by atoms with Gasteiger partial charge in [0.2, 0.25) is 0 Å². The Bertz CT molecular complexity index is 257. The van der Waals surface area contributed by atoms with Crippen molar-refractivity contribution >= 4 is 0 Å². The van der Waals surface area contributed by atoms with E-state index in [9.17, 15) is 0 Å². The Morgan fingerprint density at radius 2 is 2.21 bits per heavy atom. The smallest absolute Gasteiger partial charge is 0.174 e. The highest BCUT2D eigenvalue weighted by Crippen LogP contribution is 2.28. The molecule has 0 aromatic carbocycles. The van der Waals surface area contributed by atoms with Crippen molar-refractivity contribution in [2.45, 2.75) is 45.4 Å². The maximum absolute atomic E-state index is 4.01. The van der Waals surface area contributed by atoms with E-state index < -0.39 is 0 Å². The van der Waals surface area contributed by atoms with E-state index in [1.165, 1.54) is 32.1 Å². The van der Waals surface area contributed by atoms with Gasteiger partial charge in [-0.05, 0) is 18.3 Å². The summed E-state index contributed by atoms with van der Waals surface area (Å²) in [6.45, 7) is 2.36. The van der Waals surface area contributed by atoms with E-state index in [0.717, 1.165) is 24.1 Å². The van der Waals surface area contributed by atoms with E-state index in [1.807, 2.05) is 0 Å². The highest BCUT2D eigenvalue weighted by atomic mass is 15.5. The first-order valence-corrected chi connectivity index (χ1v) is 5.57. The van der Waals surface area contributed by atoms with Crippen LogP contribution in [-0.4, -0.2) is 20.6 Å². The van der Waals surface area contributed by atoms with E-state index in [1.54, 1.807) is 0 Å². The molecule has 1 saturated carbocycles. The fraction of sp³-hybridized carbons (Fsp3) is 0.900. The van der Waals surface area contributed by atoms with Crippen molar-refractivity contribution in [3.8, 4) is 0 Å². The van der Waals surface area contributed by atoms with Crippen LogP contribution >= 0.6 is 0 Å². The third-order valence-electron chi connectivity index (χ3n) is 3.24. The van der Waals surface area contributed by atoms with Gasteiger partial charge in [-0.3, -0.25) is 0 Å². The lowest BCUT2D eigenvalue weighted by molar-refractivity contribution is 0.436. The van der Waals surface area contributed by atoms with Gasteiger partial charge in [0.15, 0.2) is 5.82 Å². The van der Waals surface area contributed by atoms with Crippen LogP contribution in [0.1, 0.15) is 44.9 Å². The van der Waals surface area contributed by atoms with E-state index >= 15 is 0 Å². The number of hydrogen-bond acceptors (Lipinski definition) is 3. The zero-order chi connectivity index (χ0) is 9.80. The molecule has 0 radical (unpaired) electrons. The molecule has 2 atom stereocenters. The summed E-state index contributed by atoms with van der Waals surface area (Å²) in [5.74, 6) is 2.56. The topological polar surface area (TPSA) is 54.5 Å². The number of aromatic amines is 1. The molecule has 1 aliphatic carbocycles. The molecule has 0 aliphatic heterocycles. The van der Waals surface area contributed by atoms with Gasteiger partial charge in [-0.2, -0.15) is 5.21 Å². The fourth-order valence-corrected chi connectivity index (χ4v) is 2.30. The van der Waals surface area contributed by atoms with Gasteiger partial charge in [-0.1, -0.05) is 37.8 Å². The molecule has 0 unspecified atom stereocenters. The van der Waals surface area contributed by atoms with Gasteiger partial charge in [0, 0.05) is 6.42 Å². The molecule has 1 aromatic rings. The molecule has 1 N–H and O–H groups in total. The molecule has 0 saturated heterocycles. The van der Waals surface area contributed by atoms with Crippen LogP contribution in [0.25, 0.3) is 0 Å². The van der Waals surface area contributed by atoms with Crippen molar-refractivity contribution in [3.63, 3.8) is 0 Å². The first-order chi connectivity index (χ1) is 6.84. The maximum Gasteiger partial charge on any atom is 0.174 e. The zero-order valence-electron chi connectivity index (χ0n) is 8.74. The summed E-state index contributed by atoms with van der Waals surface area (Å²) in [7, 11) is 0. The second-order valence-corrected chi connectivity index (χ2v) is 4.51. The first kappa shape index (κ1) is 9.62. The lowest BCUT2D eigenvalue weighted by Gasteiger charge is -2.10. The summed E-state index contributed by atoms with van der Waals surface area (Å²) in [4.78, 5) is 0. The third-order valence-corrected chi connectivity index (χ3v) is 3.24. The Hall–Kier alpha value is -0.930. The van der Waals surface area contributed by atoms with Crippen LogP contribution in [0.2, 0.25) is 0 Å². The second kappa shape index (κ2) is 4.53. The number of rotatable bonds is 2. The normalized spacial score (nSPS) is 28.6. The van der Waals surface area contributed by atoms with E-state index in [2.05, 4.69) is 27.5 Å². The fourth-order valence-electron chi connectivity index (χ4n) is 2.30. The summed E-state index contributed by atoms with van der Waals surface area (Å²) >= 11 is 0. The predicted molar refractivity (Wildman–Crippen MR) is 53.6 cm³/mol. The van der Waals surface area contributed by atoms with Gasteiger partial charge in [-0.15, -0.1) is 10.2 Å². The minimum absolute atomic E-state index is 0.776. The SMILES string of the molecule is C[C@@H]1CCC[C@H](Cc2nn[nH]n2)CC1. The Kier molecular flexibility index (Phi) is 3.11. The van der Waals surface area contributed by atoms with Crippen LogP contribution in [-0.2, 0) is 6.42 Å². The van der Waals surface area contributed by atoms with Crippen molar-refractivity contribution in [3.05, 3.63) is 5.82 Å². The number of H-pyrrole nitrogens is 1. The van der Waals surface area contributed by atoms with Gasteiger partial charge >= 0.3 is 0 Å². The van der Waals surface area contributed by atoms with Crippen molar-refractivity contribution in [2.24, 2.45) is 11.8 Å². The van der Waals surface area contributed by atoms with Gasteiger partial charge in [-0.25, -0.2) is 0 Å². The van der Waals surface area contributed by atoms with Crippen molar-refractivity contribution in [2.75, 3.05) is 0 Å². The highest BCUT2D eigenvalue weighted by Gasteiger charge is 2.17. The largest absolute Gasteiger partial charge is 0.177 e. The number of aromatic nitrogens is 4. The molecule has 4 heteroatoms. The van der Waals surface area contributed by atoms with Crippen LogP contribution in [0.15, 0.2) is 0 Å². The Labute approximate surface area is 84.5 Å².